The molecule has 0 aliphatic carbocycles. The van der Waals surface area contributed by atoms with E-state index in [1.54, 1.807) is 17.0 Å². The van der Waals surface area contributed by atoms with E-state index < -0.39 is 5.60 Å². The van der Waals surface area contributed by atoms with Crippen molar-refractivity contribution >= 4 is 17.1 Å². The first kappa shape index (κ1) is 21.2. The van der Waals surface area contributed by atoms with Crippen LogP contribution < -0.4 is 4.74 Å². The van der Waals surface area contributed by atoms with Gasteiger partial charge in [0, 0.05) is 12.1 Å². The topological polar surface area (TPSA) is 56.6 Å². The summed E-state index contributed by atoms with van der Waals surface area (Å²) in [5, 5.41) is 0. The number of aromatic nitrogens is 2. The summed E-state index contributed by atoms with van der Waals surface area (Å²) in [6.45, 7) is 6.94. The molecule has 0 saturated carbocycles. The Morgan fingerprint density at radius 3 is 2.68 bits per heavy atom. The quantitative estimate of drug-likeness (QED) is 0.590. The van der Waals surface area contributed by atoms with Crippen LogP contribution in [-0.4, -0.2) is 45.3 Å². The van der Waals surface area contributed by atoms with Gasteiger partial charge in [-0.3, -0.25) is 4.57 Å². The fourth-order valence-electron chi connectivity index (χ4n) is 3.77. The van der Waals surface area contributed by atoms with Crippen molar-refractivity contribution in [2.45, 2.75) is 51.9 Å². The number of fused-ring (bicyclic) bond motifs is 1. The Balaban J connectivity index is 1.57. The summed E-state index contributed by atoms with van der Waals surface area (Å²) in [5.41, 5.74) is 1.68. The highest BCUT2D eigenvalue weighted by Crippen LogP contribution is 2.26. The van der Waals surface area contributed by atoms with E-state index in [1.165, 1.54) is 6.07 Å². The third kappa shape index (κ3) is 4.98. The molecular formula is C24H28FN3O3. The van der Waals surface area contributed by atoms with Crippen molar-refractivity contribution in [3.8, 4) is 6.01 Å². The highest BCUT2D eigenvalue weighted by Gasteiger charge is 2.29. The van der Waals surface area contributed by atoms with Gasteiger partial charge in [0.25, 0.3) is 6.01 Å². The van der Waals surface area contributed by atoms with Crippen LogP contribution in [0.25, 0.3) is 11.0 Å². The largest absolute Gasteiger partial charge is 0.459 e. The van der Waals surface area contributed by atoms with Crippen LogP contribution >= 0.6 is 0 Å². The average molecular weight is 426 g/mol. The third-order valence-electron chi connectivity index (χ3n) is 5.21. The minimum absolute atomic E-state index is 0.211. The van der Waals surface area contributed by atoms with E-state index in [4.69, 9.17) is 9.47 Å². The van der Waals surface area contributed by atoms with Crippen LogP contribution in [0, 0.1) is 5.82 Å². The second-order valence-electron chi connectivity index (χ2n) is 8.87. The van der Waals surface area contributed by atoms with Gasteiger partial charge in [-0.2, -0.15) is 4.98 Å². The van der Waals surface area contributed by atoms with E-state index in [2.05, 4.69) is 4.98 Å². The number of carbonyl (C=O) groups excluding carboxylic acids is 1. The van der Waals surface area contributed by atoms with Crippen LogP contribution in [0.5, 0.6) is 6.01 Å². The standard InChI is InChI=1S/C24H28FN3O3/c1-24(2,3)31-23(29)27-14-8-10-18(16-27)30-22-26-20-12-6-7-13-21(20)28(22)15-17-9-4-5-11-19(17)25/h4-7,9,11-13,18H,8,10,14-16H2,1-3H3. The lowest BCUT2D eigenvalue weighted by Gasteiger charge is -2.34. The van der Waals surface area contributed by atoms with Gasteiger partial charge in [0.2, 0.25) is 0 Å². The van der Waals surface area contributed by atoms with Gasteiger partial charge in [-0.05, 0) is 51.8 Å². The summed E-state index contributed by atoms with van der Waals surface area (Å²) in [7, 11) is 0. The Morgan fingerprint density at radius 2 is 1.90 bits per heavy atom. The van der Waals surface area contributed by atoms with Crippen molar-refractivity contribution < 1.29 is 18.7 Å². The molecule has 1 saturated heterocycles. The third-order valence-corrected chi connectivity index (χ3v) is 5.21. The van der Waals surface area contributed by atoms with Crippen LogP contribution in [-0.2, 0) is 11.3 Å². The smallest absolute Gasteiger partial charge is 0.410 e. The SMILES string of the molecule is CC(C)(C)OC(=O)N1CCCC(Oc2nc3ccccc3n2Cc2ccccc2F)C1. The number of rotatable bonds is 4. The summed E-state index contributed by atoms with van der Waals surface area (Å²) in [6.07, 6.45) is 1.08. The molecule has 3 aromatic rings. The van der Waals surface area contributed by atoms with Crippen molar-refractivity contribution in [3.63, 3.8) is 0 Å². The van der Waals surface area contributed by atoms with E-state index in [0.29, 0.717) is 31.2 Å². The molecule has 1 unspecified atom stereocenters. The lowest BCUT2D eigenvalue weighted by atomic mass is 10.1. The number of imidazole rings is 1. The molecule has 2 aromatic carbocycles. The summed E-state index contributed by atoms with van der Waals surface area (Å²) in [4.78, 5) is 18.8. The van der Waals surface area contributed by atoms with Crippen LogP contribution in [0.1, 0.15) is 39.2 Å². The number of amides is 1. The minimum Gasteiger partial charge on any atom is -0.459 e. The van der Waals surface area contributed by atoms with E-state index in [-0.39, 0.29) is 18.0 Å². The van der Waals surface area contributed by atoms with Gasteiger partial charge >= 0.3 is 6.09 Å². The van der Waals surface area contributed by atoms with Crippen LogP contribution in [0.15, 0.2) is 48.5 Å². The predicted octanol–water partition coefficient (Wildman–Crippen LogP) is 5.00. The number of likely N-dealkylation sites (tertiary alicyclic amines) is 1. The molecule has 1 fully saturated rings. The summed E-state index contributed by atoms with van der Waals surface area (Å²) in [6, 6.07) is 14.8. The summed E-state index contributed by atoms with van der Waals surface area (Å²) in [5.74, 6) is -0.264. The Morgan fingerprint density at radius 1 is 1.16 bits per heavy atom. The molecule has 1 aromatic heterocycles. The van der Waals surface area contributed by atoms with Gasteiger partial charge in [-0.1, -0.05) is 30.3 Å². The Labute approximate surface area is 181 Å². The molecule has 1 aliphatic heterocycles. The Bertz CT molecular complexity index is 1070. The number of hydrogen-bond acceptors (Lipinski definition) is 4. The molecule has 7 heteroatoms. The number of para-hydroxylation sites is 2. The first-order valence-corrected chi connectivity index (χ1v) is 10.6. The highest BCUT2D eigenvalue weighted by molar-refractivity contribution is 5.76. The van der Waals surface area contributed by atoms with Gasteiger partial charge in [0.1, 0.15) is 17.5 Å². The van der Waals surface area contributed by atoms with Gasteiger partial charge in [-0.15, -0.1) is 0 Å². The molecule has 1 aliphatic rings. The number of benzene rings is 2. The molecule has 0 radical (unpaired) electrons. The second-order valence-corrected chi connectivity index (χ2v) is 8.87. The van der Waals surface area contributed by atoms with Crippen molar-refractivity contribution in [2.24, 2.45) is 0 Å². The first-order chi connectivity index (χ1) is 14.8. The number of piperidine rings is 1. The van der Waals surface area contributed by atoms with E-state index in [9.17, 15) is 9.18 Å². The number of nitrogens with zero attached hydrogens (tertiary/aromatic N) is 3. The maximum atomic E-state index is 14.3. The normalized spacial score (nSPS) is 17.0. The Hall–Kier alpha value is -3.09. The number of carbonyl (C=O) groups is 1. The number of hydrogen-bond donors (Lipinski definition) is 0. The lowest BCUT2D eigenvalue weighted by Crippen LogP contribution is -2.46. The van der Waals surface area contributed by atoms with Crippen molar-refractivity contribution in [3.05, 3.63) is 59.9 Å². The van der Waals surface area contributed by atoms with Gasteiger partial charge in [0.05, 0.1) is 24.1 Å². The fourth-order valence-corrected chi connectivity index (χ4v) is 3.77. The molecule has 164 valence electrons. The molecule has 0 spiro atoms. The van der Waals surface area contributed by atoms with Crippen LogP contribution in [0.2, 0.25) is 0 Å². The molecule has 0 N–H and O–H groups in total. The zero-order valence-corrected chi connectivity index (χ0v) is 18.2. The van der Waals surface area contributed by atoms with Gasteiger partial charge < -0.3 is 14.4 Å². The molecule has 4 rings (SSSR count). The van der Waals surface area contributed by atoms with Gasteiger partial charge in [0.15, 0.2) is 0 Å². The molecule has 1 amide bonds. The lowest BCUT2D eigenvalue weighted by molar-refractivity contribution is 0.00625. The maximum absolute atomic E-state index is 14.3. The van der Waals surface area contributed by atoms with E-state index >= 15 is 0 Å². The molecule has 0 bridgehead atoms. The highest BCUT2D eigenvalue weighted by atomic mass is 19.1. The van der Waals surface area contributed by atoms with Crippen molar-refractivity contribution in [1.82, 2.24) is 14.5 Å². The monoisotopic (exact) mass is 425 g/mol. The minimum atomic E-state index is -0.543. The zero-order chi connectivity index (χ0) is 22.0. The fraction of sp³-hybridized carbons (Fsp3) is 0.417. The molecular weight excluding hydrogens is 397 g/mol. The van der Waals surface area contributed by atoms with Crippen molar-refractivity contribution in [1.29, 1.82) is 0 Å². The van der Waals surface area contributed by atoms with Crippen molar-refractivity contribution in [2.75, 3.05) is 13.1 Å². The predicted molar refractivity (Wildman–Crippen MR) is 117 cm³/mol. The first-order valence-electron chi connectivity index (χ1n) is 10.6. The van der Waals surface area contributed by atoms with Crippen LogP contribution in [0.3, 0.4) is 0 Å². The summed E-state index contributed by atoms with van der Waals surface area (Å²) < 4.78 is 28.0. The summed E-state index contributed by atoms with van der Waals surface area (Å²) >= 11 is 0. The second kappa shape index (κ2) is 8.57. The molecule has 1 atom stereocenters. The number of ether oxygens (including phenoxy) is 2. The van der Waals surface area contributed by atoms with E-state index in [1.807, 2.05) is 55.7 Å². The number of halogens is 1. The maximum Gasteiger partial charge on any atom is 0.410 e. The Kier molecular flexibility index (Phi) is 5.85. The molecule has 6 nitrogen and oxygen atoms in total. The average Bonchev–Trinajstić information content (AvgIpc) is 3.06. The zero-order valence-electron chi connectivity index (χ0n) is 18.2. The van der Waals surface area contributed by atoms with Gasteiger partial charge in [-0.25, -0.2) is 9.18 Å². The van der Waals surface area contributed by atoms with Crippen LogP contribution in [0.4, 0.5) is 9.18 Å². The molecule has 2 heterocycles. The van der Waals surface area contributed by atoms with E-state index in [0.717, 1.165) is 23.9 Å². The molecule has 31 heavy (non-hydrogen) atoms.